The van der Waals surface area contributed by atoms with Gasteiger partial charge in [-0.15, -0.1) is 0 Å². The predicted octanol–water partition coefficient (Wildman–Crippen LogP) is 11.6. The zero-order valence-corrected chi connectivity index (χ0v) is 25.0. The number of rotatable bonds is 3. The Hall–Kier alpha value is -4.68. The summed E-state index contributed by atoms with van der Waals surface area (Å²) in [5, 5.41) is 5.47. The highest BCUT2D eigenvalue weighted by atomic mass is 14.4. The highest BCUT2D eigenvalue weighted by molar-refractivity contribution is 6.19. The maximum atomic E-state index is 2.58. The molecule has 6 aromatic rings. The van der Waals surface area contributed by atoms with Crippen LogP contribution < -0.4 is 0 Å². The van der Waals surface area contributed by atoms with Crippen LogP contribution in [0.25, 0.3) is 38.2 Å². The first kappa shape index (κ1) is 25.8. The molecular formula is C44H36. The van der Waals surface area contributed by atoms with Crippen LogP contribution in [-0.2, 0) is 6.42 Å². The van der Waals surface area contributed by atoms with Crippen LogP contribution in [0.2, 0.25) is 0 Å². The van der Waals surface area contributed by atoms with Gasteiger partial charge in [0.2, 0.25) is 0 Å². The number of benzene rings is 6. The molecule has 212 valence electrons. The molecule has 0 heterocycles. The van der Waals surface area contributed by atoms with Crippen LogP contribution in [0, 0.1) is 5.92 Å². The van der Waals surface area contributed by atoms with E-state index in [1.165, 1.54) is 74.2 Å². The third-order valence-corrected chi connectivity index (χ3v) is 10.7. The fraction of sp³-hybridized carbons (Fsp3) is 0.182. The van der Waals surface area contributed by atoms with Gasteiger partial charge in [-0.25, -0.2) is 0 Å². The van der Waals surface area contributed by atoms with E-state index in [4.69, 9.17) is 0 Å². The summed E-state index contributed by atoms with van der Waals surface area (Å²) >= 11 is 0. The molecule has 0 saturated heterocycles. The van der Waals surface area contributed by atoms with E-state index in [1.807, 2.05) is 0 Å². The quantitative estimate of drug-likeness (QED) is 0.188. The van der Waals surface area contributed by atoms with Gasteiger partial charge >= 0.3 is 0 Å². The topological polar surface area (TPSA) is 0 Å². The third kappa shape index (κ3) is 4.05. The summed E-state index contributed by atoms with van der Waals surface area (Å²) in [4.78, 5) is 0. The van der Waals surface area contributed by atoms with E-state index in [9.17, 15) is 0 Å². The lowest BCUT2D eigenvalue weighted by Gasteiger charge is -2.42. The minimum atomic E-state index is 0.404. The fourth-order valence-corrected chi connectivity index (χ4v) is 8.84. The molecular weight excluding hydrogens is 528 g/mol. The van der Waals surface area contributed by atoms with E-state index in [2.05, 4.69) is 140 Å². The van der Waals surface area contributed by atoms with Crippen molar-refractivity contribution in [2.75, 3.05) is 0 Å². The van der Waals surface area contributed by atoms with Crippen molar-refractivity contribution in [2.24, 2.45) is 5.92 Å². The standard InChI is InChI=1S/C44H36/c1-3-14-30(15-4-1)42-37-21-11-12-22-38(37)43(31-16-5-2-6-17-31)41-27-32(25-26-39(41)42)40-28-33-24-23-29-13-7-8-18-34(29)44(33)36-20-10-9-19-35(36)40/h1-5,7-16,18-22,25-27,33,40,44H,6,17,23-24,28H2. The Bertz CT molecular complexity index is 2110. The molecule has 0 N–H and O–H groups in total. The Morgan fingerprint density at radius 3 is 2.07 bits per heavy atom. The van der Waals surface area contributed by atoms with Crippen molar-refractivity contribution in [1.82, 2.24) is 0 Å². The average Bonchev–Trinajstić information content (AvgIpc) is 3.10. The minimum absolute atomic E-state index is 0.404. The van der Waals surface area contributed by atoms with Crippen LogP contribution in [0.4, 0.5) is 0 Å². The zero-order valence-electron chi connectivity index (χ0n) is 25.0. The Morgan fingerprint density at radius 2 is 1.25 bits per heavy atom. The van der Waals surface area contributed by atoms with Gasteiger partial charge in [0.05, 0.1) is 0 Å². The van der Waals surface area contributed by atoms with Crippen LogP contribution in [0.3, 0.4) is 0 Å². The van der Waals surface area contributed by atoms with Crippen molar-refractivity contribution in [1.29, 1.82) is 0 Å². The van der Waals surface area contributed by atoms with Gasteiger partial charge < -0.3 is 0 Å². The van der Waals surface area contributed by atoms with Gasteiger partial charge in [0, 0.05) is 11.8 Å². The second-order valence-electron chi connectivity index (χ2n) is 13.0. The van der Waals surface area contributed by atoms with Gasteiger partial charge in [-0.3, -0.25) is 0 Å². The Labute approximate surface area is 260 Å². The second kappa shape index (κ2) is 10.5. The van der Waals surface area contributed by atoms with E-state index in [-0.39, 0.29) is 0 Å². The van der Waals surface area contributed by atoms with Gasteiger partial charge in [-0.1, -0.05) is 133 Å². The largest absolute Gasteiger partial charge is 0.0842 e. The van der Waals surface area contributed by atoms with Crippen molar-refractivity contribution in [3.63, 3.8) is 0 Å². The summed E-state index contributed by atoms with van der Waals surface area (Å²) in [7, 11) is 0. The molecule has 0 spiro atoms. The maximum absolute atomic E-state index is 2.58. The molecule has 0 fully saturated rings. The van der Waals surface area contributed by atoms with Gasteiger partial charge in [-0.2, -0.15) is 0 Å². The third-order valence-electron chi connectivity index (χ3n) is 10.7. The number of hydrogen-bond donors (Lipinski definition) is 0. The molecule has 6 aromatic carbocycles. The smallest absolute Gasteiger partial charge is 0.0124 e. The van der Waals surface area contributed by atoms with Gasteiger partial charge in [0.25, 0.3) is 0 Å². The van der Waals surface area contributed by atoms with Crippen LogP contribution >= 0.6 is 0 Å². The second-order valence-corrected chi connectivity index (χ2v) is 13.0. The fourth-order valence-electron chi connectivity index (χ4n) is 8.84. The summed E-state index contributed by atoms with van der Waals surface area (Å²) in [5.74, 6) is 1.58. The highest BCUT2D eigenvalue weighted by Crippen LogP contribution is 2.53. The van der Waals surface area contributed by atoms with E-state index in [0.29, 0.717) is 17.8 Å². The Balaban J connectivity index is 1.29. The minimum Gasteiger partial charge on any atom is -0.0842 e. The van der Waals surface area contributed by atoms with Crippen molar-refractivity contribution >= 4 is 27.1 Å². The number of allylic oxidation sites excluding steroid dienone is 4. The van der Waals surface area contributed by atoms with Gasteiger partial charge in [0.15, 0.2) is 0 Å². The normalized spacial score (nSPS) is 20.5. The molecule has 44 heavy (non-hydrogen) atoms. The van der Waals surface area contributed by atoms with Gasteiger partial charge in [0.1, 0.15) is 0 Å². The van der Waals surface area contributed by atoms with Crippen LogP contribution in [0.1, 0.15) is 70.9 Å². The number of fused-ring (bicyclic) bond motifs is 7. The molecule has 0 radical (unpaired) electrons. The summed E-state index contributed by atoms with van der Waals surface area (Å²) in [6.07, 6.45) is 12.8. The Kier molecular flexibility index (Phi) is 6.15. The molecule has 3 atom stereocenters. The lowest BCUT2D eigenvalue weighted by molar-refractivity contribution is 0.344. The van der Waals surface area contributed by atoms with Crippen LogP contribution in [0.15, 0.2) is 140 Å². The molecule has 0 saturated carbocycles. The average molecular weight is 565 g/mol. The van der Waals surface area contributed by atoms with E-state index < -0.39 is 0 Å². The van der Waals surface area contributed by atoms with Crippen LogP contribution in [-0.4, -0.2) is 0 Å². The summed E-state index contributed by atoms with van der Waals surface area (Å²) in [6, 6.07) is 46.2. The van der Waals surface area contributed by atoms with Crippen LogP contribution in [0.5, 0.6) is 0 Å². The van der Waals surface area contributed by atoms with Crippen molar-refractivity contribution < 1.29 is 0 Å². The van der Waals surface area contributed by atoms with Crippen molar-refractivity contribution in [3.8, 4) is 11.1 Å². The number of hydrogen-bond acceptors (Lipinski definition) is 0. The molecule has 9 rings (SSSR count). The zero-order chi connectivity index (χ0) is 29.0. The van der Waals surface area contributed by atoms with Crippen molar-refractivity contribution in [3.05, 3.63) is 173 Å². The molecule has 0 heteroatoms. The lowest BCUT2D eigenvalue weighted by Crippen LogP contribution is -2.29. The van der Waals surface area contributed by atoms with E-state index in [0.717, 1.165) is 12.8 Å². The molecule has 3 unspecified atom stereocenters. The molecule has 3 aliphatic carbocycles. The summed E-state index contributed by atoms with van der Waals surface area (Å²) in [5.41, 5.74) is 13.2. The summed E-state index contributed by atoms with van der Waals surface area (Å²) in [6.45, 7) is 0. The predicted molar refractivity (Wildman–Crippen MR) is 186 cm³/mol. The highest BCUT2D eigenvalue weighted by Gasteiger charge is 2.39. The molecule has 3 aliphatic rings. The molecule has 0 aliphatic heterocycles. The van der Waals surface area contributed by atoms with E-state index in [1.54, 1.807) is 16.7 Å². The first-order chi connectivity index (χ1) is 21.8. The molecule has 0 nitrogen and oxygen atoms in total. The van der Waals surface area contributed by atoms with E-state index >= 15 is 0 Å². The SMILES string of the molecule is C1=CCCC(c2c3ccccc3c(-c3ccccc3)c3ccc(C4CC5CCc6ccccc6C5c5ccccc54)cc23)=C1. The Morgan fingerprint density at radius 1 is 0.545 bits per heavy atom. The molecule has 0 amide bonds. The first-order valence-electron chi connectivity index (χ1n) is 16.4. The number of aryl methyl sites for hydroxylation is 1. The van der Waals surface area contributed by atoms with Gasteiger partial charge in [-0.05, 0) is 116 Å². The maximum Gasteiger partial charge on any atom is 0.0124 e. The van der Waals surface area contributed by atoms with Crippen molar-refractivity contribution in [2.45, 2.75) is 43.9 Å². The monoisotopic (exact) mass is 564 g/mol. The lowest BCUT2D eigenvalue weighted by atomic mass is 9.62. The first-order valence-corrected chi connectivity index (χ1v) is 16.4. The summed E-state index contributed by atoms with van der Waals surface area (Å²) < 4.78 is 0. The molecule has 0 bridgehead atoms. The molecule has 0 aromatic heterocycles.